The molecular formula is C22H21N3O5S. The second kappa shape index (κ2) is 9.05. The lowest BCUT2D eigenvalue weighted by Crippen LogP contribution is -2.29. The number of fused-ring (bicyclic) bond motifs is 1. The standard InChI is InChI=1S/C22H21N3O5S/c1-13(26)23-17(14-3-6-16(28-2)7-4-14)10-21(27)25-22-24-18(11-31-22)15-5-8-19-20(9-15)30-12-29-19/h3-9,11,17H,10,12H2,1-2H3,(H,23,26)(H,24,25,27). The second-order valence-electron chi connectivity index (χ2n) is 6.88. The molecule has 8 nitrogen and oxygen atoms in total. The highest BCUT2D eigenvalue weighted by molar-refractivity contribution is 7.14. The molecule has 2 N–H and O–H groups in total. The van der Waals surface area contributed by atoms with Crippen LogP contribution in [0.15, 0.2) is 47.8 Å². The van der Waals surface area contributed by atoms with Crippen LogP contribution in [0, 0.1) is 0 Å². The van der Waals surface area contributed by atoms with E-state index in [-0.39, 0.29) is 25.0 Å². The lowest BCUT2D eigenvalue weighted by Gasteiger charge is -2.18. The van der Waals surface area contributed by atoms with Crippen molar-refractivity contribution in [3.8, 4) is 28.5 Å². The predicted molar refractivity (Wildman–Crippen MR) is 116 cm³/mol. The third-order valence-electron chi connectivity index (χ3n) is 4.70. The molecule has 1 unspecified atom stereocenters. The zero-order chi connectivity index (χ0) is 21.8. The number of hydrogen-bond acceptors (Lipinski definition) is 7. The van der Waals surface area contributed by atoms with E-state index in [1.165, 1.54) is 18.3 Å². The van der Waals surface area contributed by atoms with E-state index < -0.39 is 6.04 Å². The summed E-state index contributed by atoms with van der Waals surface area (Å²) in [5, 5.41) is 7.98. The summed E-state index contributed by atoms with van der Waals surface area (Å²) in [5.74, 6) is 1.62. The van der Waals surface area contributed by atoms with Gasteiger partial charge in [-0.15, -0.1) is 11.3 Å². The van der Waals surface area contributed by atoms with E-state index in [0.29, 0.717) is 22.4 Å². The number of hydrogen-bond donors (Lipinski definition) is 2. The molecule has 9 heteroatoms. The molecule has 4 rings (SSSR count). The van der Waals surface area contributed by atoms with Crippen LogP contribution >= 0.6 is 11.3 Å². The molecule has 1 aliphatic rings. The first-order chi connectivity index (χ1) is 15.0. The fraction of sp³-hybridized carbons (Fsp3) is 0.227. The van der Waals surface area contributed by atoms with Gasteiger partial charge < -0.3 is 24.8 Å². The Morgan fingerprint density at radius 2 is 1.94 bits per heavy atom. The quantitative estimate of drug-likeness (QED) is 0.582. The minimum absolute atomic E-state index is 0.0743. The van der Waals surface area contributed by atoms with E-state index in [1.807, 2.05) is 35.7 Å². The summed E-state index contributed by atoms with van der Waals surface area (Å²) >= 11 is 1.33. The predicted octanol–water partition coefficient (Wildman–Crippen LogP) is 3.75. The summed E-state index contributed by atoms with van der Waals surface area (Å²) in [7, 11) is 1.58. The average molecular weight is 439 g/mol. The number of anilines is 1. The number of carbonyl (C=O) groups excluding carboxylic acids is 2. The topological polar surface area (TPSA) is 98.8 Å². The summed E-state index contributed by atoms with van der Waals surface area (Å²) in [6.45, 7) is 1.63. The van der Waals surface area contributed by atoms with Gasteiger partial charge >= 0.3 is 0 Å². The van der Waals surface area contributed by atoms with Crippen LogP contribution in [0.2, 0.25) is 0 Å². The van der Waals surface area contributed by atoms with Crippen molar-refractivity contribution in [2.45, 2.75) is 19.4 Å². The molecule has 1 aromatic heterocycles. The molecule has 1 aliphatic heterocycles. The van der Waals surface area contributed by atoms with Crippen LogP contribution < -0.4 is 24.8 Å². The van der Waals surface area contributed by atoms with E-state index in [2.05, 4.69) is 15.6 Å². The van der Waals surface area contributed by atoms with Gasteiger partial charge in [0.15, 0.2) is 16.6 Å². The monoisotopic (exact) mass is 439 g/mol. The number of carbonyl (C=O) groups is 2. The lowest BCUT2D eigenvalue weighted by molar-refractivity contribution is -0.120. The van der Waals surface area contributed by atoms with Crippen LogP contribution in [0.4, 0.5) is 5.13 Å². The Labute approximate surface area is 183 Å². The van der Waals surface area contributed by atoms with Crippen LogP contribution in [0.5, 0.6) is 17.2 Å². The summed E-state index contributed by atoms with van der Waals surface area (Å²) < 4.78 is 15.9. The van der Waals surface area contributed by atoms with E-state index >= 15 is 0 Å². The largest absolute Gasteiger partial charge is 0.497 e. The molecule has 0 saturated heterocycles. The number of benzene rings is 2. The number of methoxy groups -OCH3 is 1. The van der Waals surface area contributed by atoms with Crippen LogP contribution in [-0.2, 0) is 9.59 Å². The van der Waals surface area contributed by atoms with E-state index in [4.69, 9.17) is 14.2 Å². The van der Waals surface area contributed by atoms with Crippen LogP contribution in [0.3, 0.4) is 0 Å². The first-order valence-corrected chi connectivity index (χ1v) is 10.5. The number of amides is 2. The molecule has 0 saturated carbocycles. The zero-order valence-corrected chi connectivity index (χ0v) is 17.8. The molecule has 2 amide bonds. The minimum Gasteiger partial charge on any atom is -0.497 e. The van der Waals surface area contributed by atoms with Crippen molar-refractivity contribution < 1.29 is 23.8 Å². The molecule has 3 aromatic rings. The summed E-state index contributed by atoms with van der Waals surface area (Å²) in [4.78, 5) is 28.8. The Kier molecular flexibility index (Phi) is 6.03. The number of nitrogens with one attached hydrogen (secondary N) is 2. The van der Waals surface area contributed by atoms with Crippen molar-refractivity contribution >= 4 is 28.3 Å². The van der Waals surface area contributed by atoms with E-state index in [9.17, 15) is 9.59 Å². The Morgan fingerprint density at radius 3 is 2.68 bits per heavy atom. The van der Waals surface area contributed by atoms with Gasteiger partial charge in [0.05, 0.1) is 25.3 Å². The van der Waals surface area contributed by atoms with Crippen molar-refractivity contribution in [3.05, 3.63) is 53.4 Å². The molecule has 2 heterocycles. The highest BCUT2D eigenvalue weighted by atomic mass is 32.1. The second-order valence-corrected chi connectivity index (χ2v) is 7.74. The number of rotatable bonds is 7. The molecule has 0 spiro atoms. The number of aromatic nitrogens is 1. The first-order valence-electron chi connectivity index (χ1n) is 9.58. The maximum Gasteiger partial charge on any atom is 0.231 e. The highest BCUT2D eigenvalue weighted by Gasteiger charge is 2.19. The maximum absolute atomic E-state index is 12.6. The first kappa shape index (κ1) is 20.7. The van der Waals surface area contributed by atoms with Crippen molar-refractivity contribution in [1.29, 1.82) is 0 Å². The van der Waals surface area contributed by atoms with Gasteiger partial charge in [0.25, 0.3) is 0 Å². The molecular weight excluding hydrogens is 418 g/mol. The normalized spacial score (nSPS) is 12.8. The van der Waals surface area contributed by atoms with E-state index in [0.717, 1.165) is 16.8 Å². The summed E-state index contributed by atoms with van der Waals surface area (Å²) in [6.07, 6.45) is 0.0743. The third kappa shape index (κ3) is 4.95. The lowest BCUT2D eigenvalue weighted by atomic mass is 10.0. The van der Waals surface area contributed by atoms with Crippen LogP contribution in [-0.4, -0.2) is 30.7 Å². The van der Waals surface area contributed by atoms with Crippen molar-refractivity contribution in [3.63, 3.8) is 0 Å². The SMILES string of the molecule is COc1ccc(C(CC(=O)Nc2nc(-c3ccc4c(c3)OCO4)cs2)NC(C)=O)cc1. The van der Waals surface area contributed by atoms with Gasteiger partial charge in [-0.1, -0.05) is 12.1 Å². The van der Waals surface area contributed by atoms with Gasteiger partial charge in [0.1, 0.15) is 5.75 Å². The molecule has 0 radical (unpaired) electrons. The average Bonchev–Trinajstić information content (AvgIpc) is 3.41. The Hall–Kier alpha value is -3.59. The molecule has 1 atom stereocenters. The Balaban J connectivity index is 1.43. The van der Waals surface area contributed by atoms with Crippen molar-refractivity contribution in [1.82, 2.24) is 10.3 Å². The van der Waals surface area contributed by atoms with Crippen LogP contribution in [0.1, 0.15) is 24.9 Å². The fourth-order valence-corrected chi connectivity index (χ4v) is 3.94. The summed E-state index contributed by atoms with van der Waals surface area (Å²) in [5.41, 5.74) is 2.41. The molecule has 0 fully saturated rings. The van der Waals surface area contributed by atoms with Gasteiger partial charge in [-0.2, -0.15) is 0 Å². The van der Waals surface area contributed by atoms with Gasteiger partial charge in [-0.05, 0) is 35.9 Å². The third-order valence-corrected chi connectivity index (χ3v) is 5.46. The Morgan fingerprint density at radius 1 is 1.16 bits per heavy atom. The molecule has 2 aromatic carbocycles. The molecule has 31 heavy (non-hydrogen) atoms. The molecule has 160 valence electrons. The molecule has 0 aliphatic carbocycles. The maximum atomic E-state index is 12.6. The molecule has 0 bridgehead atoms. The smallest absolute Gasteiger partial charge is 0.231 e. The minimum atomic E-state index is -0.461. The van der Waals surface area contributed by atoms with Crippen molar-refractivity contribution in [2.24, 2.45) is 0 Å². The number of thiazole rings is 1. The van der Waals surface area contributed by atoms with E-state index in [1.54, 1.807) is 19.2 Å². The van der Waals surface area contributed by atoms with Crippen molar-refractivity contribution in [2.75, 3.05) is 19.2 Å². The van der Waals surface area contributed by atoms with Crippen LogP contribution in [0.25, 0.3) is 11.3 Å². The Bertz CT molecular complexity index is 1100. The fourth-order valence-electron chi connectivity index (χ4n) is 3.21. The zero-order valence-electron chi connectivity index (χ0n) is 17.0. The van der Waals surface area contributed by atoms with Gasteiger partial charge in [-0.25, -0.2) is 4.98 Å². The number of ether oxygens (including phenoxy) is 3. The van der Waals surface area contributed by atoms with Gasteiger partial charge in [0.2, 0.25) is 18.6 Å². The number of nitrogens with zero attached hydrogens (tertiary/aromatic N) is 1. The van der Waals surface area contributed by atoms with Gasteiger partial charge in [0, 0.05) is 17.9 Å². The van der Waals surface area contributed by atoms with Gasteiger partial charge in [-0.3, -0.25) is 9.59 Å². The summed E-state index contributed by atoms with van der Waals surface area (Å²) in [6, 6.07) is 12.4. The highest BCUT2D eigenvalue weighted by Crippen LogP contribution is 2.36.